The van der Waals surface area contributed by atoms with Gasteiger partial charge in [0.25, 0.3) is 5.56 Å². The number of rotatable bonds is 6. The second-order valence-electron chi connectivity index (χ2n) is 9.16. The molecule has 0 spiro atoms. The first-order valence-electron chi connectivity index (χ1n) is 11.4. The third-order valence-electron chi connectivity index (χ3n) is 5.67. The van der Waals surface area contributed by atoms with Crippen LogP contribution in [0, 0.1) is 31.3 Å². The lowest BCUT2D eigenvalue weighted by atomic mass is 10.1. The maximum atomic E-state index is 16.0. The van der Waals surface area contributed by atoms with Crippen LogP contribution in [-0.4, -0.2) is 29.6 Å². The molecule has 8 nitrogen and oxygen atoms in total. The Labute approximate surface area is 224 Å². The van der Waals surface area contributed by atoms with E-state index in [9.17, 15) is 18.7 Å². The molecule has 0 radical (unpaired) electrons. The topological polar surface area (TPSA) is 103 Å². The maximum Gasteiger partial charge on any atom is 0.273 e. The average Bonchev–Trinajstić information content (AvgIpc) is 2.84. The van der Waals surface area contributed by atoms with E-state index < -0.39 is 34.7 Å². The third-order valence-corrected chi connectivity index (χ3v) is 6.40. The SMILES string of the molecule is Cc1cnc(-c2ccnc(C(C)(C)O)n2)c(F)c1-n1c(C)cc(OC(C)c2ncc(F)cc2F)c(Br)c1=O. The summed E-state index contributed by atoms with van der Waals surface area (Å²) in [6.45, 7) is 7.69. The maximum absolute atomic E-state index is 16.0. The Kier molecular flexibility index (Phi) is 7.39. The summed E-state index contributed by atoms with van der Waals surface area (Å²) in [5, 5.41) is 10.3. The molecule has 12 heteroatoms. The molecule has 0 amide bonds. The normalized spacial score (nSPS) is 12.5. The van der Waals surface area contributed by atoms with Crippen LogP contribution in [0.25, 0.3) is 17.1 Å². The van der Waals surface area contributed by atoms with E-state index >= 15 is 4.39 Å². The summed E-state index contributed by atoms with van der Waals surface area (Å²) in [5.74, 6) is -2.37. The van der Waals surface area contributed by atoms with Gasteiger partial charge in [0.1, 0.15) is 39.1 Å². The fourth-order valence-corrected chi connectivity index (χ4v) is 4.20. The van der Waals surface area contributed by atoms with Crippen molar-refractivity contribution < 1.29 is 23.0 Å². The van der Waals surface area contributed by atoms with Crippen LogP contribution in [0.2, 0.25) is 0 Å². The summed E-state index contributed by atoms with van der Waals surface area (Å²) in [6, 6.07) is 3.63. The Morgan fingerprint density at radius 1 is 1.11 bits per heavy atom. The van der Waals surface area contributed by atoms with Gasteiger partial charge in [-0.05, 0) is 62.2 Å². The first-order chi connectivity index (χ1) is 17.8. The number of aliphatic hydroxyl groups is 1. The molecule has 0 aliphatic heterocycles. The Hall–Kier alpha value is -3.64. The van der Waals surface area contributed by atoms with Gasteiger partial charge in [-0.25, -0.2) is 23.1 Å². The first kappa shape index (κ1) is 27.4. The van der Waals surface area contributed by atoms with Crippen LogP contribution in [0.15, 0.2) is 46.1 Å². The molecular formula is C26H23BrF3N5O3. The van der Waals surface area contributed by atoms with Gasteiger partial charge in [-0.1, -0.05) is 0 Å². The summed E-state index contributed by atoms with van der Waals surface area (Å²) in [6.07, 6.45) is 2.70. The van der Waals surface area contributed by atoms with E-state index in [1.807, 2.05) is 0 Å². The second-order valence-corrected chi connectivity index (χ2v) is 9.96. The summed E-state index contributed by atoms with van der Waals surface area (Å²) >= 11 is 3.22. The van der Waals surface area contributed by atoms with Crippen LogP contribution >= 0.6 is 15.9 Å². The van der Waals surface area contributed by atoms with Gasteiger partial charge in [-0.3, -0.25) is 19.3 Å². The van der Waals surface area contributed by atoms with E-state index in [1.165, 1.54) is 45.3 Å². The molecule has 0 saturated carbocycles. The summed E-state index contributed by atoms with van der Waals surface area (Å²) in [5.41, 5.74) is -1.51. The quantitative estimate of drug-likeness (QED) is 0.327. The molecule has 0 fully saturated rings. The molecule has 0 bridgehead atoms. The van der Waals surface area contributed by atoms with Crippen LogP contribution < -0.4 is 10.3 Å². The Morgan fingerprint density at radius 2 is 1.82 bits per heavy atom. The van der Waals surface area contributed by atoms with Crippen molar-refractivity contribution in [2.24, 2.45) is 0 Å². The fourth-order valence-electron chi connectivity index (χ4n) is 3.82. The predicted molar refractivity (Wildman–Crippen MR) is 136 cm³/mol. The van der Waals surface area contributed by atoms with Gasteiger partial charge < -0.3 is 9.84 Å². The molecule has 4 heterocycles. The number of nitrogens with zero attached hydrogens (tertiary/aromatic N) is 5. The number of hydrogen-bond donors (Lipinski definition) is 1. The number of ether oxygens (including phenoxy) is 1. The molecular weight excluding hydrogens is 567 g/mol. The molecule has 0 aliphatic rings. The zero-order valence-electron chi connectivity index (χ0n) is 21.1. The Balaban J connectivity index is 1.80. The van der Waals surface area contributed by atoms with Crippen molar-refractivity contribution in [2.45, 2.75) is 46.3 Å². The van der Waals surface area contributed by atoms with Crippen molar-refractivity contribution in [3.05, 3.63) is 91.8 Å². The second kappa shape index (κ2) is 10.3. The molecule has 198 valence electrons. The van der Waals surface area contributed by atoms with Gasteiger partial charge >= 0.3 is 0 Å². The highest BCUT2D eigenvalue weighted by Gasteiger charge is 2.25. The Bertz CT molecular complexity index is 1600. The standard InChI is InChI=1S/C26H23BrF3N5O3/c1-12-10-32-22(17-6-7-31-25(34-17)26(4,5)37)20(30)23(12)35-13(2)8-18(19(27)24(35)36)38-14(3)21-16(29)9-15(28)11-33-21/h6-11,14,37H,1-5H3. The van der Waals surface area contributed by atoms with Gasteiger partial charge in [-0.15, -0.1) is 0 Å². The lowest BCUT2D eigenvalue weighted by Crippen LogP contribution is -2.25. The molecule has 1 N–H and O–H groups in total. The highest BCUT2D eigenvalue weighted by atomic mass is 79.9. The van der Waals surface area contributed by atoms with Gasteiger partial charge in [0, 0.05) is 30.2 Å². The molecule has 4 aromatic heterocycles. The van der Waals surface area contributed by atoms with Gasteiger partial charge in [0.15, 0.2) is 17.5 Å². The van der Waals surface area contributed by atoms with Crippen molar-refractivity contribution in [1.82, 2.24) is 24.5 Å². The van der Waals surface area contributed by atoms with Crippen molar-refractivity contribution in [1.29, 1.82) is 0 Å². The van der Waals surface area contributed by atoms with Crippen molar-refractivity contribution >= 4 is 15.9 Å². The lowest BCUT2D eigenvalue weighted by molar-refractivity contribution is 0.0688. The lowest BCUT2D eigenvalue weighted by Gasteiger charge is -2.20. The van der Waals surface area contributed by atoms with E-state index in [0.717, 1.165) is 10.8 Å². The minimum absolute atomic E-state index is 0.0408. The highest BCUT2D eigenvalue weighted by molar-refractivity contribution is 9.10. The molecule has 1 unspecified atom stereocenters. The predicted octanol–water partition coefficient (Wildman–Crippen LogP) is 5.25. The van der Waals surface area contributed by atoms with Crippen LogP contribution in [0.5, 0.6) is 5.75 Å². The monoisotopic (exact) mass is 589 g/mol. The summed E-state index contributed by atoms with van der Waals surface area (Å²) < 4.78 is 50.3. The molecule has 1 atom stereocenters. The number of aromatic nitrogens is 5. The van der Waals surface area contributed by atoms with Gasteiger partial charge in [0.2, 0.25) is 0 Å². The smallest absolute Gasteiger partial charge is 0.273 e. The fraction of sp³-hybridized carbons (Fsp3) is 0.269. The molecule has 38 heavy (non-hydrogen) atoms. The molecule has 4 aromatic rings. The van der Waals surface area contributed by atoms with E-state index in [2.05, 4.69) is 35.9 Å². The van der Waals surface area contributed by atoms with Crippen LogP contribution in [0.4, 0.5) is 13.2 Å². The van der Waals surface area contributed by atoms with Crippen LogP contribution in [0.3, 0.4) is 0 Å². The zero-order valence-corrected chi connectivity index (χ0v) is 22.6. The van der Waals surface area contributed by atoms with E-state index in [1.54, 1.807) is 13.8 Å². The van der Waals surface area contributed by atoms with Crippen molar-refractivity contribution in [3.63, 3.8) is 0 Å². The molecule has 0 saturated heterocycles. The number of hydrogen-bond acceptors (Lipinski definition) is 7. The van der Waals surface area contributed by atoms with Gasteiger partial charge in [0.05, 0.1) is 17.6 Å². The van der Waals surface area contributed by atoms with Crippen molar-refractivity contribution in [2.75, 3.05) is 0 Å². The van der Waals surface area contributed by atoms with E-state index in [4.69, 9.17) is 4.74 Å². The summed E-state index contributed by atoms with van der Waals surface area (Å²) in [4.78, 5) is 29.6. The first-order valence-corrected chi connectivity index (χ1v) is 12.2. The highest BCUT2D eigenvalue weighted by Crippen LogP contribution is 2.32. The molecule has 0 aliphatic carbocycles. The molecule has 0 aromatic carbocycles. The minimum Gasteiger partial charge on any atom is -0.483 e. The Morgan fingerprint density at radius 3 is 2.47 bits per heavy atom. The van der Waals surface area contributed by atoms with E-state index in [0.29, 0.717) is 17.3 Å². The van der Waals surface area contributed by atoms with E-state index in [-0.39, 0.29) is 38.8 Å². The number of halogens is 4. The largest absolute Gasteiger partial charge is 0.483 e. The van der Waals surface area contributed by atoms with Crippen LogP contribution in [0.1, 0.15) is 49.7 Å². The molecule has 4 rings (SSSR count). The number of aryl methyl sites for hydroxylation is 2. The summed E-state index contributed by atoms with van der Waals surface area (Å²) in [7, 11) is 0. The third kappa shape index (κ3) is 5.18. The van der Waals surface area contributed by atoms with Gasteiger partial charge in [-0.2, -0.15) is 0 Å². The van der Waals surface area contributed by atoms with Crippen molar-refractivity contribution in [3.8, 4) is 22.8 Å². The van der Waals surface area contributed by atoms with Crippen LogP contribution in [-0.2, 0) is 5.60 Å². The zero-order chi connectivity index (χ0) is 27.9. The minimum atomic E-state index is -1.36. The number of pyridine rings is 3. The average molecular weight is 590 g/mol.